The van der Waals surface area contributed by atoms with Gasteiger partial charge in [-0.1, -0.05) is 42.5 Å². The largest absolute Gasteiger partial charge is 0.489 e. The predicted molar refractivity (Wildman–Crippen MR) is 93.4 cm³/mol. The molecule has 3 rings (SSSR count). The van der Waals surface area contributed by atoms with Crippen molar-refractivity contribution in [3.05, 3.63) is 95.8 Å². The molecule has 0 saturated heterocycles. The maximum absolute atomic E-state index is 13.1. The number of hydrogen-bond acceptors (Lipinski definition) is 3. The molecule has 0 amide bonds. The van der Waals surface area contributed by atoms with Crippen molar-refractivity contribution in [2.24, 2.45) is 0 Å². The Morgan fingerprint density at radius 1 is 0.800 bits per heavy atom. The fraction of sp³-hybridized carbons (Fsp3) is 0.0952. The Bertz CT molecular complexity index is 829. The second-order valence-corrected chi connectivity index (χ2v) is 5.47. The zero-order chi connectivity index (χ0) is 17.5. The lowest BCUT2D eigenvalue weighted by molar-refractivity contribution is 0.0921. The summed E-state index contributed by atoms with van der Waals surface area (Å²) in [5.41, 5.74) is 1.38. The maximum Gasteiger partial charge on any atom is 0.200 e. The second kappa shape index (κ2) is 8.11. The van der Waals surface area contributed by atoms with Crippen LogP contribution in [0, 0.1) is 5.82 Å². The third-order valence-electron chi connectivity index (χ3n) is 3.59. The van der Waals surface area contributed by atoms with Crippen LogP contribution >= 0.6 is 0 Å². The Kier molecular flexibility index (Phi) is 5.42. The van der Waals surface area contributed by atoms with Crippen LogP contribution in [0.4, 0.5) is 4.39 Å². The van der Waals surface area contributed by atoms with Crippen LogP contribution in [-0.4, -0.2) is 12.4 Å². The van der Waals surface area contributed by atoms with Crippen LogP contribution in [0.1, 0.15) is 15.9 Å². The molecule has 0 bridgehead atoms. The average Bonchev–Trinajstić information content (AvgIpc) is 2.66. The number of ether oxygens (including phenoxy) is 2. The molecule has 0 aliphatic rings. The molecule has 3 nitrogen and oxygen atoms in total. The van der Waals surface area contributed by atoms with Gasteiger partial charge in [0.1, 0.15) is 23.9 Å². The van der Waals surface area contributed by atoms with Gasteiger partial charge < -0.3 is 9.47 Å². The summed E-state index contributed by atoms with van der Waals surface area (Å²) < 4.78 is 24.3. The number of carbonyl (C=O) groups is 1. The van der Waals surface area contributed by atoms with E-state index in [2.05, 4.69) is 0 Å². The average molecular weight is 336 g/mol. The fourth-order valence-corrected chi connectivity index (χ4v) is 2.27. The van der Waals surface area contributed by atoms with Crippen molar-refractivity contribution in [3.63, 3.8) is 0 Å². The van der Waals surface area contributed by atoms with Gasteiger partial charge in [0, 0.05) is 5.56 Å². The lowest BCUT2D eigenvalue weighted by Gasteiger charge is -2.08. The molecule has 4 heteroatoms. The molecule has 0 aliphatic carbocycles. The van der Waals surface area contributed by atoms with E-state index in [1.54, 1.807) is 30.3 Å². The van der Waals surface area contributed by atoms with Crippen LogP contribution in [0.2, 0.25) is 0 Å². The SMILES string of the molecule is O=C(COc1ccc(OCc2ccccc2)cc1)c1cccc(F)c1. The van der Waals surface area contributed by atoms with Gasteiger partial charge in [-0.25, -0.2) is 4.39 Å². The third kappa shape index (κ3) is 4.91. The molecular weight excluding hydrogens is 319 g/mol. The van der Waals surface area contributed by atoms with Gasteiger partial charge in [-0.2, -0.15) is 0 Å². The molecule has 3 aromatic rings. The molecule has 0 unspecified atom stereocenters. The Morgan fingerprint density at radius 3 is 2.16 bits per heavy atom. The van der Waals surface area contributed by atoms with Gasteiger partial charge in [0.2, 0.25) is 0 Å². The first-order valence-corrected chi connectivity index (χ1v) is 7.89. The third-order valence-corrected chi connectivity index (χ3v) is 3.59. The Balaban J connectivity index is 1.51. The molecule has 0 N–H and O–H groups in total. The molecule has 0 aliphatic heterocycles. The first kappa shape index (κ1) is 16.7. The summed E-state index contributed by atoms with van der Waals surface area (Å²) in [5.74, 6) is 0.555. The van der Waals surface area contributed by atoms with Crippen LogP contribution in [0.15, 0.2) is 78.9 Å². The van der Waals surface area contributed by atoms with Gasteiger partial charge >= 0.3 is 0 Å². The molecule has 0 aromatic heterocycles. The Labute approximate surface area is 145 Å². The van der Waals surface area contributed by atoms with E-state index in [9.17, 15) is 9.18 Å². The van der Waals surface area contributed by atoms with Crippen LogP contribution in [-0.2, 0) is 6.61 Å². The van der Waals surface area contributed by atoms with Crippen molar-refractivity contribution in [2.75, 3.05) is 6.61 Å². The quantitative estimate of drug-likeness (QED) is 0.588. The van der Waals surface area contributed by atoms with Crippen LogP contribution in [0.5, 0.6) is 11.5 Å². The van der Waals surface area contributed by atoms with Crippen molar-refractivity contribution in [3.8, 4) is 11.5 Å². The minimum Gasteiger partial charge on any atom is -0.489 e. The smallest absolute Gasteiger partial charge is 0.200 e. The highest BCUT2D eigenvalue weighted by atomic mass is 19.1. The molecule has 0 fully saturated rings. The second-order valence-electron chi connectivity index (χ2n) is 5.47. The van der Waals surface area contributed by atoms with Crippen LogP contribution < -0.4 is 9.47 Å². The minimum absolute atomic E-state index is 0.145. The van der Waals surface area contributed by atoms with E-state index in [-0.39, 0.29) is 12.4 Å². The first-order valence-electron chi connectivity index (χ1n) is 7.89. The number of carbonyl (C=O) groups excluding carboxylic acids is 1. The summed E-state index contributed by atoms with van der Waals surface area (Å²) in [6.45, 7) is 0.340. The van der Waals surface area contributed by atoms with Crippen LogP contribution in [0.3, 0.4) is 0 Å². The Hall–Kier alpha value is -3.14. The maximum atomic E-state index is 13.1. The van der Waals surface area contributed by atoms with Gasteiger partial charge in [-0.15, -0.1) is 0 Å². The summed E-state index contributed by atoms with van der Waals surface area (Å²) in [4.78, 5) is 12.0. The van der Waals surface area contributed by atoms with Crippen molar-refractivity contribution < 1.29 is 18.7 Å². The topological polar surface area (TPSA) is 35.5 Å². The lowest BCUT2D eigenvalue weighted by atomic mass is 10.1. The summed E-state index contributed by atoms with van der Waals surface area (Å²) in [7, 11) is 0. The normalized spacial score (nSPS) is 10.3. The summed E-state index contributed by atoms with van der Waals surface area (Å²) in [5, 5.41) is 0. The van der Waals surface area contributed by atoms with E-state index >= 15 is 0 Å². The molecule has 3 aromatic carbocycles. The lowest BCUT2D eigenvalue weighted by Crippen LogP contribution is -2.11. The summed E-state index contributed by atoms with van der Waals surface area (Å²) in [6, 6.07) is 22.5. The van der Waals surface area contributed by atoms with Crippen LogP contribution in [0.25, 0.3) is 0 Å². The van der Waals surface area contributed by atoms with Crippen molar-refractivity contribution in [1.82, 2.24) is 0 Å². The standard InChI is InChI=1S/C21H17FO3/c22-18-8-4-7-17(13-18)21(23)15-25-20-11-9-19(10-12-20)24-14-16-5-2-1-3-6-16/h1-13H,14-15H2. The number of hydrogen-bond donors (Lipinski definition) is 0. The number of ketones is 1. The molecule has 0 saturated carbocycles. The summed E-state index contributed by atoms with van der Waals surface area (Å²) in [6.07, 6.45) is 0. The van der Waals surface area contributed by atoms with E-state index < -0.39 is 5.82 Å². The van der Waals surface area contributed by atoms with E-state index in [0.29, 0.717) is 23.7 Å². The number of Topliss-reactive ketones (excluding diaryl/α,β-unsaturated/α-hetero) is 1. The van der Waals surface area contributed by atoms with Crippen molar-refractivity contribution in [1.29, 1.82) is 0 Å². The number of rotatable bonds is 7. The van der Waals surface area contributed by atoms with E-state index in [1.807, 2.05) is 30.3 Å². The Morgan fingerprint density at radius 2 is 1.48 bits per heavy atom. The molecule has 0 heterocycles. The minimum atomic E-state index is -0.439. The molecule has 0 spiro atoms. The van der Waals surface area contributed by atoms with Crippen molar-refractivity contribution >= 4 is 5.78 Å². The zero-order valence-corrected chi connectivity index (χ0v) is 13.5. The zero-order valence-electron chi connectivity index (χ0n) is 13.5. The monoisotopic (exact) mass is 336 g/mol. The number of benzene rings is 3. The van der Waals surface area contributed by atoms with Gasteiger partial charge in [-0.05, 0) is 42.0 Å². The first-order chi connectivity index (χ1) is 12.2. The van der Waals surface area contributed by atoms with E-state index in [0.717, 1.165) is 5.56 Å². The summed E-state index contributed by atoms with van der Waals surface area (Å²) >= 11 is 0. The van der Waals surface area contributed by atoms with E-state index in [4.69, 9.17) is 9.47 Å². The predicted octanol–water partition coefficient (Wildman–Crippen LogP) is 4.67. The molecule has 126 valence electrons. The molecule has 25 heavy (non-hydrogen) atoms. The van der Waals surface area contributed by atoms with Gasteiger partial charge in [0.05, 0.1) is 0 Å². The number of halogens is 1. The van der Waals surface area contributed by atoms with Gasteiger partial charge in [-0.3, -0.25) is 4.79 Å². The van der Waals surface area contributed by atoms with Gasteiger partial charge in [0.25, 0.3) is 0 Å². The fourth-order valence-electron chi connectivity index (χ4n) is 2.27. The molecule has 0 atom stereocenters. The molecule has 0 radical (unpaired) electrons. The van der Waals surface area contributed by atoms with Crippen molar-refractivity contribution in [2.45, 2.75) is 6.61 Å². The highest BCUT2D eigenvalue weighted by molar-refractivity contribution is 5.97. The van der Waals surface area contributed by atoms with E-state index in [1.165, 1.54) is 18.2 Å². The highest BCUT2D eigenvalue weighted by Gasteiger charge is 2.08. The molecular formula is C21H17FO3. The highest BCUT2D eigenvalue weighted by Crippen LogP contribution is 2.19. The van der Waals surface area contributed by atoms with Gasteiger partial charge in [0.15, 0.2) is 12.4 Å².